The van der Waals surface area contributed by atoms with Crippen molar-refractivity contribution in [2.75, 3.05) is 13.6 Å². The van der Waals surface area contributed by atoms with Gasteiger partial charge in [-0.3, -0.25) is 0 Å². The van der Waals surface area contributed by atoms with Crippen LogP contribution in [0.15, 0.2) is 47.8 Å². The van der Waals surface area contributed by atoms with Crippen molar-refractivity contribution in [1.29, 1.82) is 0 Å². The van der Waals surface area contributed by atoms with Crippen LogP contribution in [0.5, 0.6) is 0 Å². The molecule has 0 radical (unpaired) electrons. The van der Waals surface area contributed by atoms with Crippen molar-refractivity contribution in [3.05, 3.63) is 58.3 Å². The van der Waals surface area contributed by atoms with Crippen LogP contribution in [0.25, 0.3) is 0 Å². The largest absolute Gasteiger partial charge is 0.304 e. The van der Waals surface area contributed by atoms with E-state index in [1.165, 1.54) is 16.9 Å². The maximum atomic E-state index is 2.42. The maximum Gasteiger partial charge on any atom is 0.0196 e. The van der Waals surface area contributed by atoms with Crippen LogP contribution in [-0.4, -0.2) is 24.5 Å². The Morgan fingerprint density at radius 3 is 2.30 bits per heavy atom. The van der Waals surface area contributed by atoms with Gasteiger partial charge in [-0.15, -0.1) is 23.7 Å². The summed E-state index contributed by atoms with van der Waals surface area (Å²) in [6, 6.07) is 15.9. The fraction of sp³-hybridized carbons (Fsp3) is 0.412. The van der Waals surface area contributed by atoms with Crippen LogP contribution >= 0.6 is 23.7 Å². The van der Waals surface area contributed by atoms with Crippen LogP contribution in [0.2, 0.25) is 0 Å². The highest BCUT2D eigenvalue weighted by molar-refractivity contribution is 7.10. The molecule has 1 aromatic heterocycles. The van der Waals surface area contributed by atoms with Crippen molar-refractivity contribution in [2.24, 2.45) is 0 Å². The Hall–Kier alpha value is -0.830. The molecule has 0 amide bonds. The lowest BCUT2D eigenvalue weighted by Gasteiger charge is -2.24. The zero-order valence-electron chi connectivity index (χ0n) is 12.5. The summed E-state index contributed by atoms with van der Waals surface area (Å²) >= 11 is 1.87. The van der Waals surface area contributed by atoms with Crippen molar-refractivity contribution in [2.45, 2.75) is 32.2 Å². The molecule has 1 atom stereocenters. The third-order valence-corrected chi connectivity index (χ3v) is 4.73. The number of hydrogen-bond donors (Lipinski definition) is 0. The predicted octanol–water partition coefficient (Wildman–Crippen LogP) is 5.03. The summed E-state index contributed by atoms with van der Waals surface area (Å²) in [4.78, 5) is 3.90. The molecule has 0 fully saturated rings. The van der Waals surface area contributed by atoms with Gasteiger partial charge in [-0.2, -0.15) is 0 Å². The molecular formula is C17H24ClNS. The normalized spacial score (nSPS) is 12.4. The molecular weight excluding hydrogens is 286 g/mol. The van der Waals surface area contributed by atoms with E-state index in [0.717, 1.165) is 6.54 Å². The summed E-state index contributed by atoms with van der Waals surface area (Å²) in [7, 11) is 2.21. The predicted molar refractivity (Wildman–Crippen MR) is 92.2 cm³/mol. The molecule has 20 heavy (non-hydrogen) atoms. The lowest BCUT2D eigenvalue weighted by molar-refractivity contribution is 0.267. The van der Waals surface area contributed by atoms with E-state index in [2.05, 4.69) is 73.6 Å². The second-order valence-electron chi connectivity index (χ2n) is 5.34. The van der Waals surface area contributed by atoms with Crippen molar-refractivity contribution in [1.82, 2.24) is 4.90 Å². The molecule has 0 aliphatic carbocycles. The van der Waals surface area contributed by atoms with Crippen molar-refractivity contribution in [3.8, 4) is 0 Å². The summed E-state index contributed by atoms with van der Waals surface area (Å²) < 4.78 is 0. The van der Waals surface area contributed by atoms with Crippen molar-refractivity contribution < 1.29 is 0 Å². The van der Waals surface area contributed by atoms with Gasteiger partial charge in [0.1, 0.15) is 0 Å². The topological polar surface area (TPSA) is 3.24 Å². The third kappa shape index (κ3) is 4.62. The highest BCUT2D eigenvalue weighted by Gasteiger charge is 2.16. The molecule has 1 aromatic carbocycles. The van der Waals surface area contributed by atoms with E-state index >= 15 is 0 Å². The molecule has 2 aromatic rings. The summed E-state index contributed by atoms with van der Waals surface area (Å²) in [6.45, 7) is 5.64. The van der Waals surface area contributed by atoms with Gasteiger partial charge in [0, 0.05) is 16.8 Å². The van der Waals surface area contributed by atoms with Gasteiger partial charge in [0.05, 0.1) is 0 Å². The smallest absolute Gasteiger partial charge is 0.0196 e. The number of nitrogens with zero attached hydrogens (tertiary/aromatic N) is 1. The monoisotopic (exact) mass is 309 g/mol. The van der Waals surface area contributed by atoms with Crippen molar-refractivity contribution in [3.63, 3.8) is 0 Å². The number of halogens is 1. The van der Waals surface area contributed by atoms with Gasteiger partial charge in [-0.1, -0.05) is 36.4 Å². The molecule has 3 heteroatoms. The highest BCUT2D eigenvalue weighted by atomic mass is 35.5. The SMILES string of the molecule is CC(C)N(C)CCC(c1ccccc1)c1cccs1.Cl. The van der Waals surface area contributed by atoms with Gasteiger partial charge in [0.25, 0.3) is 0 Å². The van der Waals surface area contributed by atoms with E-state index in [0.29, 0.717) is 12.0 Å². The van der Waals surface area contributed by atoms with Gasteiger partial charge in [0.2, 0.25) is 0 Å². The average molecular weight is 310 g/mol. The zero-order valence-corrected chi connectivity index (χ0v) is 14.1. The molecule has 0 bridgehead atoms. The lowest BCUT2D eigenvalue weighted by Crippen LogP contribution is -2.28. The molecule has 110 valence electrons. The first-order valence-electron chi connectivity index (χ1n) is 6.97. The molecule has 0 saturated heterocycles. The Kier molecular flexibility index (Phi) is 7.28. The lowest BCUT2D eigenvalue weighted by atomic mass is 9.94. The Balaban J connectivity index is 0.00000200. The molecule has 2 rings (SSSR count). The van der Waals surface area contributed by atoms with Crippen LogP contribution in [0.4, 0.5) is 0 Å². The fourth-order valence-electron chi connectivity index (χ4n) is 2.24. The second-order valence-corrected chi connectivity index (χ2v) is 6.32. The summed E-state index contributed by atoms with van der Waals surface area (Å²) in [5, 5.41) is 2.18. The zero-order chi connectivity index (χ0) is 13.7. The first-order valence-corrected chi connectivity index (χ1v) is 7.85. The van der Waals surface area contributed by atoms with Crippen LogP contribution in [-0.2, 0) is 0 Å². The fourth-order valence-corrected chi connectivity index (χ4v) is 3.13. The van der Waals surface area contributed by atoms with Gasteiger partial charge >= 0.3 is 0 Å². The molecule has 0 aliphatic rings. The number of thiophene rings is 1. The minimum Gasteiger partial charge on any atom is -0.304 e. The summed E-state index contributed by atoms with van der Waals surface area (Å²) in [5.41, 5.74) is 1.43. The summed E-state index contributed by atoms with van der Waals surface area (Å²) in [6.07, 6.45) is 1.18. The molecule has 0 saturated carbocycles. The van der Waals surface area contributed by atoms with E-state index in [9.17, 15) is 0 Å². The third-order valence-electron chi connectivity index (χ3n) is 3.74. The molecule has 0 N–H and O–H groups in total. The quantitative estimate of drug-likeness (QED) is 0.723. The van der Waals surface area contributed by atoms with Crippen molar-refractivity contribution >= 4 is 23.7 Å². The molecule has 0 spiro atoms. The average Bonchev–Trinajstić information content (AvgIpc) is 2.94. The number of benzene rings is 1. The standard InChI is InChI=1S/C17H23NS.ClH/c1-14(2)18(3)12-11-16(17-10-7-13-19-17)15-8-5-4-6-9-15;/h4-10,13-14,16H,11-12H2,1-3H3;1H. The first-order chi connectivity index (χ1) is 9.18. The summed E-state index contributed by atoms with van der Waals surface area (Å²) in [5.74, 6) is 0.530. The van der Waals surface area contributed by atoms with E-state index in [1.807, 2.05) is 11.3 Å². The van der Waals surface area contributed by atoms with Crippen LogP contribution in [0.1, 0.15) is 36.6 Å². The van der Waals surface area contributed by atoms with Crippen LogP contribution in [0.3, 0.4) is 0 Å². The van der Waals surface area contributed by atoms with Gasteiger partial charge in [0.15, 0.2) is 0 Å². The van der Waals surface area contributed by atoms with E-state index in [1.54, 1.807) is 0 Å². The minimum atomic E-state index is 0. The van der Waals surface area contributed by atoms with E-state index in [-0.39, 0.29) is 12.4 Å². The maximum absolute atomic E-state index is 2.42. The van der Waals surface area contributed by atoms with Crippen LogP contribution in [0, 0.1) is 0 Å². The Labute approximate surface area is 133 Å². The van der Waals surface area contributed by atoms with Gasteiger partial charge in [-0.25, -0.2) is 0 Å². The molecule has 1 heterocycles. The number of rotatable bonds is 6. The Bertz CT molecular complexity index is 467. The molecule has 1 nitrogen and oxygen atoms in total. The Morgan fingerprint density at radius 1 is 1.05 bits per heavy atom. The number of hydrogen-bond acceptors (Lipinski definition) is 2. The minimum absolute atomic E-state index is 0. The molecule has 1 unspecified atom stereocenters. The van der Waals surface area contributed by atoms with E-state index in [4.69, 9.17) is 0 Å². The molecule has 0 aliphatic heterocycles. The highest BCUT2D eigenvalue weighted by Crippen LogP contribution is 2.31. The van der Waals surface area contributed by atoms with Gasteiger partial charge < -0.3 is 4.90 Å². The van der Waals surface area contributed by atoms with Gasteiger partial charge in [-0.05, 0) is 50.9 Å². The second kappa shape index (κ2) is 8.46. The first kappa shape index (κ1) is 17.2. The van der Waals surface area contributed by atoms with E-state index < -0.39 is 0 Å². The Morgan fingerprint density at radius 2 is 1.75 bits per heavy atom. The van der Waals surface area contributed by atoms with Crippen LogP contribution < -0.4 is 0 Å².